The van der Waals surface area contributed by atoms with Crippen LogP contribution in [0.5, 0.6) is 11.5 Å². The number of nitrogens with zero attached hydrogens (tertiary/aromatic N) is 1. The minimum absolute atomic E-state index is 0.175. The molecule has 6 nitrogen and oxygen atoms in total. The van der Waals surface area contributed by atoms with Gasteiger partial charge in [0.15, 0.2) is 11.5 Å². The summed E-state index contributed by atoms with van der Waals surface area (Å²) in [5.41, 5.74) is 6.50. The maximum atomic E-state index is 11.6. The molecule has 1 atom stereocenters. The topological polar surface area (TPSA) is 74.0 Å². The van der Waals surface area contributed by atoms with Crippen LogP contribution in [0.25, 0.3) is 0 Å². The monoisotopic (exact) mass is 380 g/mol. The Balaban J connectivity index is 0.000000381. The Hall–Kier alpha value is -1.79. The van der Waals surface area contributed by atoms with Gasteiger partial charge in [-0.05, 0) is 50.7 Å². The van der Waals surface area contributed by atoms with Gasteiger partial charge in [-0.15, -0.1) is 0 Å². The van der Waals surface area contributed by atoms with Crippen LogP contribution in [0.15, 0.2) is 18.2 Å². The number of carbonyl (C=O) groups is 1. The summed E-state index contributed by atoms with van der Waals surface area (Å²) in [5, 5.41) is 0. The second kappa shape index (κ2) is 12.6. The Bertz CT molecular complexity index is 557. The van der Waals surface area contributed by atoms with E-state index in [1.165, 1.54) is 25.9 Å². The van der Waals surface area contributed by atoms with Crippen molar-refractivity contribution in [3.63, 3.8) is 0 Å². The Morgan fingerprint density at radius 2 is 1.74 bits per heavy atom. The number of carbonyl (C=O) groups excluding carboxylic acids is 1. The smallest absolute Gasteiger partial charge is 0.309 e. The van der Waals surface area contributed by atoms with Gasteiger partial charge in [-0.3, -0.25) is 4.79 Å². The van der Waals surface area contributed by atoms with Gasteiger partial charge >= 0.3 is 5.97 Å². The summed E-state index contributed by atoms with van der Waals surface area (Å²) in [4.78, 5) is 14.0. The molecule has 0 saturated carbocycles. The van der Waals surface area contributed by atoms with Gasteiger partial charge < -0.3 is 24.8 Å². The van der Waals surface area contributed by atoms with E-state index in [2.05, 4.69) is 11.9 Å². The van der Waals surface area contributed by atoms with Gasteiger partial charge in [0, 0.05) is 6.54 Å². The highest BCUT2D eigenvalue weighted by atomic mass is 16.6. The van der Waals surface area contributed by atoms with Crippen LogP contribution in [-0.2, 0) is 9.53 Å². The average molecular weight is 381 g/mol. The van der Waals surface area contributed by atoms with Crippen LogP contribution in [0.3, 0.4) is 0 Å². The van der Waals surface area contributed by atoms with Crippen LogP contribution < -0.4 is 15.2 Å². The fourth-order valence-electron chi connectivity index (χ4n) is 2.66. The van der Waals surface area contributed by atoms with Crippen molar-refractivity contribution in [1.82, 2.24) is 4.90 Å². The first-order valence-corrected chi connectivity index (χ1v) is 10.00. The van der Waals surface area contributed by atoms with Crippen LogP contribution in [0.2, 0.25) is 0 Å². The molecule has 1 unspecified atom stereocenters. The summed E-state index contributed by atoms with van der Waals surface area (Å²) in [5.74, 6) is 0.945. The van der Waals surface area contributed by atoms with E-state index in [1.54, 1.807) is 13.8 Å². The highest BCUT2D eigenvalue weighted by Crippen LogP contribution is 2.33. The summed E-state index contributed by atoms with van der Waals surface area (Å²) >= 11 is 0. The highest BCUT2D eigenvalue weighted by Gasteiger charge is 2.20. The van der Waals surface area contributed by atoms with Crippen molar-refractivity contribution in [3.05, 3.63) is 23.8 Å². The SMILES string of the molecule is CC.CC(C)C(=O)OC(CN)c1ccc2c(c1)OCCO2.CN1CCCC1. The molecule has 0 bridgehead atoms. The normalized spacial score (nSPS) is 16.6. The standard InChI is InChI=1S/C14H19NO4.C5H11N.C2H6/c1-9(2)14(16)19-13(8-15)10-3-4-11-12(7-10)18-6-5-17-11;1-6-4-2-3-5-6;1-2/h3-4,7,9,13H,5-6,8,15H2,1-2H3;2-5H2,1H3;1-2H3. The number of hydrogen-bond donors (Lipinski definition) is 1. The molecule has 2 aliphatic rings. The largest absolute Gasteiger partial charge is 0.486 e. The molecule has 1 fully saturated rings. The van der Waals surface area contributed by atoms with Gasteiger partial charge in [-0.2, -0.15) is 0 Å². The minimum Gasteiger partial charge on any atom is -0.486 e. The zero-order valence-electron chi connectivity index (χ0n) is 17.5. The van der Waals surface area contributed by atoms with Crippen LogP contribution in [0, 0.1) is 5.92 Å². The molecule has 0 aromatic heterocycles. The number of ether oxygens (including phenoxy) is 3. The van der Waals surface area contributed by atoms with Crippen molar-refractivity contribution in [2.45, 2.75) is 46.6 Å². The van der Waals surface area contributed by atoms with Crippen LogP contribution in [0.1, 0.15) is 52.2 Å². The first kappa shape index (κ1) is 23.2. The number of benzene rings is 1. The molecule has 1 saturated heterocycles. The second-order valence-corrected chi connectivity index (χ2v) is 6.73. The number of rotatable bonds is 4. The first-order chi connectivity index (χ1) is 13.0. The first-order valence-electron chi connectivity index (χ1n) is 10.00. The van der Waals surface area contributed by atoms with Crippen molar-refractivity contribution in [3.8, 4) is 11.5 Å². The van der Waals surface area contributed by atoms with Crippen LogP contribution >= 0.6 is 0 Å². The number of likely N-dealkylation sites (tertiary alicyclic amines) is 1. The Kier molecular flexibility index (Phi) is 10.8. The van der Waals surface area contributed by atoms with Gasteiger partial charge in [-0.25, -0.2) is 0 Å². The lowest BCUT2D eigenvalue weighted by Crippen LogP contribution is -2.22. The summed E-state index contributed by atoms with van der Waals surface area (Å²) in [6, 6.07) is 5.48. The van der Waals surface area contributed by atoms with E-state index in [9.17, 15) is 4.79 Å². The molecule has 6 heteroatoms. The van der Waals surface area contributed by atoms with Gasteiger partial charge in [0.25, 0.3) is 0 Å². The van der Waals surface area contributed by atoms with E-state index in [4.69, 9.17) is 19.9 Å². The number of nitrogens with two attached hydrogens (primary N) is 1. The van der Waals surface area contributed by atoms with E-state index in [1.807, 2.05) is 32.0 Å². The second-order valence-electron chi connectivity index (χ2n) is 6.73. The maximum absolute atomic E-state index is 11.6. The molecule has 27 heavy (non-hydrogen) atoms. The van der Waals surface area contributed by atoms with Crippen LogP contribution in [-0.4, -0.2) is 50.8 Å². The van der Waals surface area contributed by atoms with E-state index < -0.39 is 6.10 Å². The van der Waals surface area contributed by atoms with Gasteiger partial charge in [0.2, 0.25) is 0 Å². The Morgan fingerprint density at radius 1 is 1.15 bits per heavy atom. The third-order valence-corrected chi connectivity index (χ3v) is 4.21. The zero-order chi connectivity index (χ0) is 20.2. The minimum atomic E-state index is -0.453. The third kappa shape index (κ3) is 7.77. The summed E-state index contributed by atoms with van der Waals surface area (Å²) < 4.78 is 16.3. The number of esters is 1. The summed E-state index contributed by atoms with van der Waals surface area (Å²) in [6.45, 7) is 11.5. The summed E-state index contributed by atoms with van der Waals surface area (Å²) in [6.07, 6.45) is 2.37. The molecule has 2 heterocycles. The molecule has 0 spiro atoms. The van der Waals surface area contributed by atoms with E-state index >= 15 is 0 Å². The van der Waals surface area contributed by atoms with Crippen molar-refractivity contribution >= 4 is 5.97 Å². The van der Waals surface area contributed by atoms with Gasteiger partial charge in [0.05, 0.1) is 5.92 Å². The molecule has 2 N–H and O–H groups in total. The summed E-state index contributed by atoms with van der Waals surface area (Å²) in [7, 11) is 2.17. The van der Waals surface area contributed by atoms with Crippen molar-refractivity contribution in [2.24, 2.45) is 11.7 Å². The lowest BCUT2D eigenvalue weighted by Gasteiger charge is -2.22. The van der Waals surface area contributed by atoms with Crippen molar-refractivity contribution in [1.29, 1.82) is 0 Å². The third-order valence-electron chi connectivity index (χ3n) is 4.21. The molecular formula is C21H36N2O4. The molecule has 2 aliphatic heterocycles. The molecule has 0 aliphatic carbocycles. The fourth-order valence-corrected chi connectivity index (χ4v) is 2.66. The Labute approximate surface area is 164 Å². The molecule has 0 radical (unpaired) electrons. The lowest BCUT2D eigenvalue weighted by molar-refractivity contribution is -0.152. The average Bonchev–Trinajstić information content (AvgIpc) is 3.18. The van der Waals surface area contributed by atoms with E-state index in [-0.39, 0.29) is 18.4 Å². The fraction of sp³-hybridized carbons (Fsp3) is 0.667. The van der Waals surface area contributed by atoms with Crippen molar-refractivity contribution in [2.75, 3.05) is 39.9 Å². The van der Waals surface area contributed by atoms with Gasteiger partial charge in [-0.1, -0.05) is 33.8 Å². The quantitative estimate of drug-likeness (QED) is 0.807. The number of fused-ring (bicyclic) bond motifs is 1. The Morgan fingerprint density at radius 3 is 2.22 bits per heavy atom. The van der Waals surface area contributed by atoms with Crippen molar-refractivity contribution < 1.29 is 19.0 Å². The highest BCUT2D eigenvalue weighted by molar-refractivity contribution is 5.71. The van der Waals surface area contributed by atoms with Crippen LogP contribution in [0.4, 0.5) is 0 Å². The molecule has 1 aromatic carbocycles. The molecular weight excluding hydrogens is 344 g/mol. The molecule has 154 valence electrons. The zero-order valence-corrected chi connectivity index (χ0v) is 17.5. The molecule has 1 aromatic rings. The molecule has 0 amide bonds. The van der Waals surface area contributed by atoms with E-state index in [0.29, 0.717) is 24.7 Å². The predicted molar refractivity (Wildman–Crippen MR) is 108 cm³/mol. The lowest BCUT2D eigenvalue weighted by atomic mass is 10.1. The van der Waals surface area contributed by atoms with E-state index in [0.717, 1.165) is 5.56 Å². The molecule has 3 rings (SSSR count). The predicted octanol–water partition coefficient (Wildman–Crippen LogP) is 3.40. The number of hydrogen-bond acceptors (Lipinski definition) is 6. The van der Waals surface area contributed by atoms with Gasteiger partial charge in [0.1, 0.15) is 19.3 Å². The maximum Gasteiger partial charge on any atom is 0.309 e.